The summed E-state index contributed by atoms with van der Waals surface area (Å²) in [4.78, 5) is 0. The van der Waals surface area contributed by atoms with Gasteiger partial charge in [0.15, 0.2) is 11.5 Å². The summed E-state index contributed by atoms with van der Waals surface area (Å²) in [6.45, 7) is 6.02. The first kappa shape index (κ1) is 14.2. The van der Waals surface area contributed by atoms with Crippen molar-refractivity contribution in [2.24, 2.45) is 5.92 Å². The van der Waals surface area contributed by atoms with Gasteiger partial charge in [0.1, 0.15) is 5.82 Å². The number of fused-ring (bicyclic) bond motifs is 1. The van der Waals surface area contributed by atoms with Crippen LogP contribution in [-0.2, 0) is 9.47 Å². The van der Waals surface area contributed by atoms with Crippen molar-refractivity contribution in [1.29, 1.82) is 0 Å². The van der Waals surface area contributed by atoms with Crippen LogP contribution in [0.15, 0.2) is 12.1 Å². The fraction of sp³-hybridized carbons (Fsp3) is 0.643. The molecule has 2 aromatic heterocycles. The first-order valence-electron chi connectivity index (χ1n) is 7.41. The molecule has 0 aliphatic carbocycles. The summed E-state index contributed by atoms with van der Waals surface area (Å²) in [7, 11) is 0. The highest BCUT2D eigenvalue weighted by molar-refractivity contribution is 5.43. The van der Waals surface area contributed by atoms with Crippen LogP contribution in [0.5, 0.6) is 0 Å². The predicted molar refractivity (Wildman–Crippen MR) is 78.4 cm³/mol. The number of nitrogens with zero attached hydrogens (tertiary/aromatic N) is 4. The Balaban J connectivity index is 1.37. The summed E-state index contributed by atoms with van der Waals surface area (Å²) >= 11 is 0. The number of rotatable bonds is 7. The maximum Gasteiger partial charge on any atom is 0.178 e. The van der Waals surface area contributed by atoms with Crippen molar-refractivity contribution in [2.75, 3.05) is 38.3 Å². The van der Waals surface area contributed by atoms with E-state index in [9.17, 15) is 0 Å². The van der Waals surface area contributed by atoms with E-state index >= 15 is 0 Å². The monoisotopic (exact) mass is 291 g/mol. The van der Waals surface area contributed by atoms with Crippen LogP contribution in [0.4, 0.5) is 5.82 Å². The van der Waals surface area contributed by atoms with Gasteiger partial charge in [-0.1, -0.05) is 0 Å². The number of ether oxygens (including phenoxy) is 2. The molecule has 3 rings (SSSR count). The lowest BCUT2D eigenvalue weighted by molar-refractivity contribution is 0.0897. The predicted octanol–water partition coefficient (Wildman–Crippen LogP) is 1.29. The Kier molecular flexibility index (Phi) is 4.62. The first-order chi connectivity index (χ1) is 10.3. The fourth-order valence-electron chi connectivity index (χ4n) is 2.35. The maximum atomic E-state index is 5.67. The van der Waals surface area contributed by atoms with E-state index in [0.717, 1.165) is 63.1 Å². The minimum Gasteiger partial charge on any atom is -0.381 e. The molecular formula is C14H21N5O2. The highest BCUT2D eigenvalue weighted by Crippen LogP contribution is 2.12. The van der Waals surface area contributed by atoms with Crippen LogP contribution in [0, 0.1) is 12.8 Å². The summed E-state index contributed by atoms with van der Waals surface area (Å²) in [5.74, 6) is 2.20. The first-order valence-corrected chi connectivity index (χ1v) is 7.41. The summed E-state index contributed by atoms with van der Waals surface area (Å²) in [6.07, 6.45) is 2.08. The molecule has 0 amide bonds. The minimum atomic E-state index is 0.582. The molecule has 2 aromatic rings. The van der Waals surface area contributed by atoms with Crippen LogP contribution in [0.3, 0.4) is 0 Å². The number of aryl methyl sites for hydroxylation is 1. The molecule has 0 spiro atoms. The highest BCUT2D eigenvalue weighted by atomic mass is 16.5. The zero-order valence-corrected chi connectivity index (χ0v) is 12.3. The third-order valence-corrected chi connectivity index (χ3v) is 3.57. The third kappa shape index (κ3) is 3.68. The quantitative estimate of drug-likeness (QED) is 0.775. The van der Waals surface area contributed by atoms with E-state index in [1.165, 1.54) is 0 Å². The second kappa shape index (κ2) is 6.82. The second-order valence-electron chi connectivity index (χ2n) is 5.32. The standard InChI is InChI=1S/C14H21N5O2/c1-11-16-17-14-4-3-13(18-19(11)14)15-6-2-7-20-9-12-5-8-21-10-12/h3-4,12H,2,5-10H2,1H3,(H,15,18). The molecule has 1 N–H and O–H groups in total. The van der Waals surface area contributed by atoms with E-state index in [2.05, 4.69) is 20.6 Å². The van der Waals surface area contributed by atoms with Crippen molar-refractivity contribution in [3.8, 4) is 0 Å². The summed E-state index contributed by atoms with van der Waals surface area (Å²) in [5, 5.41) is 15.7. The molecular weight excluding hydrogens is 270 g/mol. The zero-order valence-electron chi connectivity index (χ0n) is 12.3. The van der Waals surface area contributed by atoms with E-state index in [-0.39, 0.29) is 0 Å². The SMILES string of the molecule is Cc1nnc2ccc(NCCCOCC3CCOC3)nn12. The lowest BCUT2D eigenvalue weighted by Crippen LogP contribution is -2.12. The molecule has 1 atom stereocenters. The van der Waals surface area contributed by atoms with E-state index in [0.29, 0.717) is 5.92 Å². The summed E-state index contributed by atoms with van der Waals surface area (Å²) < 4.78 is 12.7. The van der Waals surface area contributed by atoms with Gasteiger partial charge in [0, 0.05) is 25.7 Å². The smallest absolute Gasteiger partial charge is 0.178 e. The molecule has 0 radical (unpaired) electrons. The Bertz CT molecular complexity index is 580. The molecule has 1 saturated heterocycles. The summed E-state index contributed by atoms with van der Waals surface area (Å²) in [5.41, 5.74) is 0.764. The Morgan fingerprint density at radius 1 is 1.43 bits per heavy atom. The van der Waals surface area contributed by atoms with Crippen LogP contribution in [0.2, 0.25) is 0 Å². The Labute approximate surface area is 123 Å². The van der Waals surface area contributed by atoms with Gasteiger partial charge in [-0.3, -0.25) is 0 Å². The molecule has 7 heteroatoms. The molecule has 1 fully saturated rings. The lowest BCUT2D eigenvalue weighted by Gasteiger charge is -2.09. The number of hydrogen-bond acceptors (Lipinski definition) is 6. The number of nitrogens with one attached hydrogen (secondary N) is 1. The van der Waals surface area contributed by atoms with Gasteiger partial charge in [-0.05, 0) is 31.9 Å². The molecule has 21 heavy (non-hydrogen) atoms. The lowest BCUT2D eigenvalue weighted by atomic mass is 10.1. The topological polar surface area (TPSA) is 73.6 Å². The van der Waals surface area contributed by atoms with E-state index in [1.807, 2.05) is 19.1 Å². The van der Waals surface area contributed by atoms with Crippen molar-refractivity contribution in [1.82, 2.24) is 19.8 Å². The second-order valence-corrected chi connectivity index (χ2v) is 5.32. The third-order valence-electron chi connectivity index (χ3n) is 3.57. The molecule has 1 aliphatic heterocycles. The molecule has 0 saturated carbocycles. The fourth-order valence-corrected chi connectivity index (χ4v) is 2.35. The largest absolute Gasteiger partial charge is 0.381 e. The normalized spacial score (nSPS) is 18.4. The van der Waals surface area contributed by atoms with Gasteiger partial charge < -0.3 is 14.8 Å². The van der Waals surface area contributed by atoms with Gasteiger partial charge in [0.05, 0.1) is 13.2 Å². The van der Waals surface area contributed by atoms with Crippen LogP contribution in [-0.4, -0.2) is 52.8 Å². The van der Waals surface area contributed by atoms with Gasteiger partial charge >= 0.3 is 0 Å². The van der Waals surface area contributed by atoms with Gasteiger partial charge in [-0.25, -0.2) is 0 Å². The van der Waals surface area contributed by atoms with Crippen LogP contribution < -0.4 is 5.32 Å². The molecule has 0 bridgehead atoms. The van der Waals surface area contributed by atoms with Crippen LogP contribution in [0.25, 0.3) is 5.65 Å². The van der Waals surface area contributed by atoms with E-state index in [1.54, 1.807) is 4.52 Å². The average Bonchev–Trinajstić information content (AvgIpc) is 3.13. The number of anilines is 1. The van der Waals surface area contributed by atoms with Crippen molar-refractivity contribution in [3.05, 3.63) is 18.0 Å². The van der Waals surface area contributed by atoms with Gasteiger partial charge in [0.25, 0.3) is 0 Å². The molecule has 1 unspecified atom stereocenters. The zero-order chi connectivity index (χ0) is 14.5. The molecule has 3 heterocycles. The van der Waals surface area contributed by atoms with Crippen LogP contribution >= 0.6 is 0 Å². The molecule has 7 nitrogen and oxygen atoms in total. The Hall–Kier alpha value is -1.73. The maximum absolute atomic E-state index is 5.67. The Morgan fingerprint density at radius 3 is 3.24 bits per heavy atom. The molecule has 114 valence electrons. The van der Waals surface area contributed by atoms with Gasteiger partial charge in [0.2, 0.25) is 0 Å². The van der Waals surface area contributed by atoms with E-state index in [4.69, 9.17) is 9.47 Å². The van der Waals surface area contributed by atoms with E-state index < -0.39 is 0 Å². The Morgan fingerprint density at radius 2 is 2.38 bits per heavy atom. The number of aromatic nitrogens is 4. The summed E-state index contributed by atoms with van der Waals surface area (Å²) in [6, 6.07) is 3.83. The minimum absolute atomic E-state index is 0.582. The van der Waals surface area contributed by atoms with Crippen molar-refractivity contribution >= 4 is 11.5 Å². The molecule has 1 aliphatic rings. The number of hydrogen-bond donors (Lipinski definition) is 1. The van der Waals surface area contributed by atoms with Gasteiger partial charge in [-0.15, -0.1) is 15.3 Å². The van der Waals surface area contributed by atoms with Crippen molar-refractivity contribution in [2.45, 2.75) is 19.8 Å². The van der Waals surface area contributed by atoms with Crippen molar-refractivity contribution in [3.63, 3.8) is 0 Å². The average molecular weight is 291 g/mol. The highest BCUT2D eigenvalue weighted by Gasteiger charge is 2.15. The van der Waals surface area contributed by atoms with Crippen molar-refractivity contribution < 1.29 is 9.47 Å². The van der Waals surface area contributed by atoms with Crippen LogP contribution in [0.1, 0.15) is 18.7 Å². The molecule has 0 aromatic carbocycles. The van der Waals surface area contributed by atoms with Gasteiger partial charge in [-0.2, -0.15) is 4.52 Å².